The Balaban J connectivity index is 0.00000128. The van der Waals surface area contributed by atoms with Gasteiger partial charge < -0.3 is 5.32 Å². The largest absolute Gasteiger partial charge is 0.309 e. The van der Waals surface area contributed by atoms with Crippen LogP contribution in [0, 0.1) is 6.92 Å². The van der Waals surface area contributed by atoms with Crippen LogP contribution >= 0.6 is 23.7 Å². The van der Waals surface area contributed by atoms with E-state index in [0.29, 0.717) is 12.1 Å². The molecule has 0 aliphatic carbocycles. The van der Waals surface area contributed by atoms with Gasteiger partial charge in [0.25, 0.3) is 0 Å². The third-order valence-corrected chi connectivity index (χ3v) is 3.58. The number of hydrogen-bond donors (Lipinski definition) is 1. The van der Waals surface area contributed by atoms with Gasteiger partial charge in [0.05, 0.1) is 5.01 Å². The summed E-state index contributed by atoms with van der Waals surface area (Å²) in [5.74, 6) is 0. The Morgan fingerprint density at radius 1 is 1.44 bits per heavy atom. The van der Waals surface area contributed by atoms with Crippen molar-refractivity contribution in [3.8, 4) is 0 Å². The number of aryl methyl sites for hydroxylation is 1. The van der Waals surface area contributed by atoms with E-state index in [1.165, 1.54) is 9.88 Å². The Bertz CT molecular complexity index is 319. The molecule has 1 aromatic rings. The molecule has 2 heterocycles. The van der Waals surface area contributed by atoms with Crippen molar-refractivity contribution >= 4 is 23.7 Å². The van der Waals surface area contributed by atoms with Crippen molar-refractivity contribution in [2.45, 2.75) is 39.4 Å². The smallest absolute Gasteiger partial charge is 0.0897 e. The summed E-state index contributed by atoms with van der Waals surface area (Å²) in [6.07, 6.45) is 2.01. The minimum atomic E-state index is 0. The molecule has 1 fully saturated rings. The van der Waals surface area contributed by atoms with E-state index in [1.54, 1.807) is 0 Å². The highest BCUT2D eigenvalue weighted by atomic mass is 35.5. The fraction of sp³-hybridized carbons (Fsp3) is 0.727. The first-order valence-electron chi connectivity index (χ1n) is 5.53. The van der Waals surface area contributed by atoms with Crippen molar-refractivity contribution in [1.29, 1.82) is 0 Å². The van der Waals surface area contributed by atoms with Crippen LogP contribution in [0.15, 0.2) is 6.20 Å². The van der Waals surface area contributed by atoms with Crippen molar-refractivity contribution in [2.75, 3.05) is 13.1 Å². The molecule has 1 saturated heterocycles. The minimum Gasteiger partial charge on any atom is -0.309 e. The molecule has 3 nitrogen and oxygen atoms in total. The Morgan fingerprint density at radius 2 is 2.06 bits per heavy atom. The zero-order valence-electron chi connectivity index (χ0n) is 10.1. The molecule has 2 atom stereocenters. The molecule has 0 radical (unpaired) electrons. The van der Waals surface area contributed by atoms with Gasteiger partial charge in [-0.15, -0.1) is 23.7 Å². The molecule has 0 saturated carbocycles. The monoisotopic (exact) mass is 261 g/mol. The number of rotatable bonds is 2. The van der Waals surface area contributed by atoms with Gasteiger partial charge in [0.15, 0.2) is 0 Å². The maximum Gasteiger partial charge on any atom is 0.0897 e. The number of nitrogens with zero attached hydrogens (tertiary/aromatic N) is 2. The molecule has 2 rings (SSSR count). The fourth-order valence-electron chi connectivity index (χ4n) is 2.27. The topological polar surface area (TPSA) is 28.2 Å². The second-order valence-electron chi connectivity index (χ2n) is 4.51. The van der Waals surface area contributed by atoms with Gasteiger partial charge in [0.1, 0.15) is 0 Å². The van der Waals surface area contributed by atoms with Gasteiger partial charge in [-0.3, -0.25) is 4.90 Å². The molecule has 1 aliphatic heterocycles. The van der Waals surface area contributed by atoms with Gasteiger partial charge in [-0.2, -0.15) is 0 Å². The highest BCUT2D eigenvalue weighted by molar-refractivity contribution is 7.11. The van der Waals surface area contributed by atoms with Crippen LogP contribution in [0.3, 0.4) is 0 Å². The number of aromatic nitrogens is 1. The van der Waals surface area contributed by atoms with Crippen LogP contribution in [-0.4, -0.2) is 35.1 Å². The lowest BCUT2D eigenvalue weighted by Gasteiger charge is -2.35. The summed E-state index contributed by atoms with van der Waals surface area (Å²) < 4.78 is 0. The molecule has 1 aromatic heterocycles. The molecule has 0 amide bonds. The van der Waals surface area contributed by atoms with Crippen molar-refractivity contribution in [2.24, 2.45) is 0 Å². The lowest BCUT2D eigenvalue weighted by Crippen LogP contribution is -2.53. The number of halogens is 1. The van der Waals surface area contributed by atoms with Crippen LogP contribution in [-0.2, 0) is 6.54 Å². The number of nitrogens with one attached hydrogen (secondary N) is 1. The minimum absolute atomic E-state index is 0. The molecule has 1 N–H and O–H groups in total. The van der Waals surface area contributed by atoms with Crippen LogP contribution < -0.4 is 5.32 Å². The van der Waals surface area contributed by atoms with E-state index < -0.39 is 0 Å². The molecule has 0 bridgehead atoms. The van der Waals surface area contributed by atoms with Crippen molar-refractivity contribution in [3.05, 3.63) is 16.1 Å². The van der Waals surface area contributed by atoms with Gasteiger partial charge in [-0.05, 0) is 20.8 Å². The predicted octanol–water partition coefficient (Wildman–Crippen LogP) is 2.06. The van der Waals surface area contributed by atoms with Gasteiger partial charge in [-0.25, -0.2) is 4.98 Å². The molecule has 1 aliphatic rings. The first-order valence-corrected chi connectivity index (χ1v) is 6.35. The van der Waals surface area contributed by atoms with E-state index >= 15 is 0 Å². The standard InChI is InChI=1S/C11H19N3S.ClH/c1-8-5-14(6-9(2)13-8)7-11-4-12-10(3)15-11;/h4,8-9,13H,5-7H2,1-3H3;1H. The molecule has 92 valence electrons. The number of piperazine rings is 1. The second kappa shape index (κ2) is 5.96. The Kier molecular flexibility index (Phi) is 5.18. The SMILES string of the molecule is Cc1ncc(CN2CC(C)NC(C)C2)s1.Cl. The van der Waals surface area contributed by atoms with E-state index in [9.17, 15) is 0 Å². The summed E-state index contributed by atoms with van der Waals surface area (Å²) >= 11 is 1.81. The quantitative estimate of drug-likeness (QED) is 0.883. The van der Waals surface area contributed by atoms with Crippen molar-refractivity contribution in [3.63, 3.8) is 0 Å². The van der Waals surface area contributed by atoms with Crippen molar-refractivity contribution < 1.29 is 0 Å². The number of hydrogen-bond acceptors (Lipinski definition) is 4. The lowest BCUT2D eigenvalue weighted by atomic mass is 10.1. The summed E-state index contributed by atoms with van der Waals surface area (Å²) in [6.45, 7) is 9.91. The maximum atomic E-state index is 4.30. The summed E-state index contributed by atoms with van der Waals surface area (Å²) in [5.41, 5.74) is 0. The molecule has 0 aromatic carbocycles. The predicted molar refractivity (Wildman–Crippen MR) is 71.4 cm³/mol. The van der Waals surface area contributed by atoms with E-state index in [-0.39, 0.29) is 12.4 Å². The summed E-state index contributed by atoms with van der Waals surface area (Å²) in [5, 5.41) is 4.71. The van der Waals surface area contributed by atoms with Crippen LogP contribution in [0.25, 0.3) is 0 Å². The van der Waals surface area contributed by atoms with Crippen LogP contribution in [0.4, 0.5) is 0 Å². The van der Waals surface area contributed by atoms with Crippen molar-refractivity contribution in [1.82, 2.24) is 15.2 Å². The fourth-order valence-corrected chi connectivity index (χ4v) is 3.11. The second-order valence-corrected chi connectivity index (χ2v) is 5.83. The van der Waals surface area contributed by atoms with E-state index in [0.717, 1.165) is 19.6 Å². The average Bonchev–Trinajstić information content (AvgIpc) is 2.49. The highest BCUT2D eigenvalue weighted by Crippen LogP contribution is 2.16. The van der Waals surface area contributed by atoms with Crippen LogP contribution in [0.5, 0.6) is 0 Å². The third kappa shape index (κ3) is 3.70. The zero-order valence-corrected chi connectivity index (χ0v) is 11.7. The first kappa shape index (κ1) is 13.9. The summed E-state index contributed by atoms with van der Waals surface area (Å²) in [7, 11) is 0. The average molecular weight is 262 g/mol. The van der Waals surface area contributed by atoms with Gasteiger partial charge in [-0.1, -0.05) is 0 Å². The normalized spacial score (nSPS) is 26.4. The molecule has 16 heavy (non-hydrogen) atoms. The third-order valence-electron chi connectivity index (χ3n) is 2.68. The Morgan fingerprint density at radius 3 is 2.56 bits per heavy atom. The molecular weight excluding hydrogens is 242 g/mol. The van der Waals surface area contributed by atoms with Gasteiger partial charge in [0, 0.05) is 42.8 Å². The summed E-state index contributed by atoms with van der Waals surface area (Å²) in [4.78, 5) is 8.19. The van der Waals surface area contributed by atoms with Gasteiger partial charge in [0.2, 0.25) is 0 Å². The molecule has 5 heteroatoms. The van der Waals surface area contributed by atoms with E-state index in [2.05, 4.69) is 36.0 Å². The van der Waals surface area contributed by atoms with Gasteiger partial charge >= 0.3 is 0 Å². The first-order chi connectivity index (χ1) is 7.13. The van der Waals surface area contributed by atoms with Crippen LogP contribution in [0.2, 0.25) is 0 Å². The summed E-state index contributed by atoms with van der Waals surface area (Å²) in [6, 6.07) is 1.20. The van der Waals surface area contributed by atoms with E-state index in [1.807, 2.05) is 17.5 Å². The molecule has 0 spiro atoms. The van der Waals surface area contributed by atoms with E-state index in [4.69, 9.17) is 0 Å². The lowest BCUT2D eigenvalue weighted by molar-refractivity contribution is 0.168. The Labute approximate surface area is 108 Å². The Hall–Kier alpha value is -0.160. The van der Waals surface area contributed by atoms with Crippen LogP contribution in [0.1, 0.15) is 23.7 Å². The maximum absolute atomic E-state index is 4.30. The zero-order chi connectivity index (χ0) is 10.8. The molecular formula is C11H20ClN3S. The highest BCUT2D eigenvalue weighted by Gasteiger charge is 2.21. The molecule has 2 unspecified atom stereocenters. The number of thiazole rings is 1.